The Labute approximate surface area is 184 Å². The zero-order valence-corrected chi connectivity index (χ0v) is 19.1. The summed E-state index contributed by atoms with van der Waals surface area (Å²) in [4.78, 5) is 13.2. The van der Waals surface area contributed by atoms with Gasteiger partial charge in [-0.05, 0) is 74.8 Å². The van der Waals surface area contributed by atoms with Crippen molar-refractivity contribution in [3.05, 3.63) is 53.6 Å². The Morgan fingerprint density at radius 1 is 1.06 bits per heavy atom. The monoisotopic (exact) mass is 442 g/mol. The molecule has 0 radical (unpaired) electrons. The van der Waals surface area contributed by atoms with Crippen LogP contribution in [0.5, 0.6) is 5.75 Å². The number of carbonyl (C=O) groups excluding carboxylic acids is 1. The lowest BCUT2D eigenvalue weighted by Gasteiger charge is -2.28. The summed E-state index contributed by atoms with van der Waals surface area (Å²) in [5.74, 6) is 1.34. The molecule has 2 saturated carbocycles. The van der Waals surface area contributed by atoms with Crippen molar-refractivity contribution in [3.8, 4) is 5.75 Å². The predicted molar refractivity (Wildman–Crippen MR) is 121 cm³/mol. The molecule has 31 heavy (non-hydrogen) atoms. The molecule has 0 heterocycles. The second-order valence-corrected chi connectivity index (χ2v) is 10.7. The molecule has 4 rings (SSSR count). The first-order chi connectivity index (χ1) is 14.8. The van der Waals surface area contributed by atoms with Crippen LogP contribution in [0.15, 0.2) is 47.4 Å². The number of amides is 1. The van der Waals surface area contributed by atoms with Crippen LogP contribution in [0, 0.1) is 25.7 Å². The first kappa shape index (κ1) is 21.7. The van der Waals surface area contributed by atoms with Gasteiger partial charge >= 0.3 is 0 Å². The Morgan fingerprint density at radius 3 is 2.39 bits per heavy atom. The lowest BCUT2D eigenvalue weighted by molar-refractivity contribution is -0.120. The number of sulfonamides is 1. The largest absolute Gasteiger partial charge is 0.495 e. The maximum Gasteiger partial charge on any atom is 0.264 e. The minimum absolute atomic E-state index is 0.148. The van der Waals surface area contributed by atoms with Crippen LogP contribution in [0.2, 0.25) is 0 Å². The highest BCUT2D eigenvalue weighted by Gasteiger charge is 2.40. The van der Waals surface area contributed by atoms with Gasteiger partial charge in [0, 0.05) is 6.04 Å². The number of fused-ring (bicyclic) bond motifs is 2. The number of benzene rings is 2. The molecule has 0 aromatic heterocycles. The molecule has 2 aliphatic carbocycles. The number of hydrogen-bond acceptors (Lipinski definition) is 4. The highest BCUT2D eigenvalue weighted by molar-refractivity contribution is 7.92. The topological polar surface area (TPSA) is 75.7 Å². The Balaban J connectivity index is 1.66. The van der Waals surface area contributed by atoms with Crippen LogP contribution in [0.3, 0.4) is 0 Å². The molecule has 166 valence electrons. The molecule has 2 bridgehead atoms. The lowest BCUT2D eigenvalue weighted by Crippen LogP contribution is -2.46. The molecule has 2 aliphatic rings. The van der Waals surface area contributed by atoms with Crippen molar-refractivity contribution < 1.29 is 17.9 Å². The van der Waals surface area contributed by atoms with E-state index in [2.05, 4.69) is 5.32 Å². The van der Waals surface area contributed by atoms with E-state index in [1.54, 1.807) is 36.4 Å². The van der Waals surface area contributed by atoms with Gasteiger partial charge in [-0.2, -0.15) is 0 Å². The fraction of sp³-hybridized carbons (Fsp3) is 0.458. The Kier molecular flexibility index (Phi) is 5.97. The Hall–Kier alpha value is -2.54. The summed E-state index contributed by atoms with van der Waals surface area (Å²) in [6.45, 7) is 3.50. The molecule has 0 spiro atoms. The summed E-state index contributed by atoms with van der Waals surface area (Å²) in [5, 5.41) is 3.11. The van der Waals surface area contributed by atoms with Crippen molar-refractivity contribution in [3.63, 3.8) is 0 Å². The zero-order valence-electron chi connectivity index (χ0n) is 18.3. The van der Waals surface area contributed by atoms with Crippen LogP contribution in [-0.2, 0) is 14.8 Å². The van der Waals surface area contributed by atoms with Crippen molar-refractivity contribution in [2.75, 3.05) is 18.0 Å². The van der Waals surface area contributed by atoms with Gasteiger partial charge < -0.3 is 10.1 Å². The van der Waals surface area contributed by atoms with Gasteiger partial charge in [0.15, 0.2) is 0 Å². The Morgan fingerprint density at radius 2 is 1.77 bits per heavy atom. The number of hydrogen-bond donors (Lipinski definition) is 1. The molecular weight excluding hydrogens is 412 g/mol. The molecule has 0 saturated heterocycles. The molecule has 2 aromatic carbocycles. The van der Waals surface area contributed by atoms with E-state index in [1.807, 2.05) is 19.9 Å². The van der Waals surface area contributed by atoms with E-state index in [1.165, 1.54) is 24.3 Å². The molecule has 7 heteroatoms. The van der Waals surface area contributed by atoms with E-state index >= 15 is 0 Å². The van der Waals surface area contributed by atoms with E-state index in [0.717, 1.165) is 24.0 Å². The van der Waals surface area contributed by atoms with Crippen molar-refractivity contribution >= 4 is 21.6 Å². The summed E-state index contributed by atoms with van der Waals surface area (Å²) >= 11 is 0. The summed E-state index contributed by atoms with van der Waals surface area (Å²) in [6.07, 6.45) is 4.55. The third kappa shape index (κ3) is 4.42. The molecule has 2 fully saturated rings. The number of rotatable bonds is 7. The second-order valence-electron chi connectivity index (χ2n) is 8.85. The van der Waals surface area contributed by atoms with Crippen LogP contribution < -0.4 is 14.4 Å². The third-order valence-corrected chi connectivity index (χ3v) is 8.36. The first-order valence-electron chi connectivity index (χ1n) is 10.8. The predicted octanol–water partition coefficient (Wildman–Crippen LogP) is 3.81. The summed E-state index contributed by atoms with van der Waals surface area (Å²) in [5.41, 5.74) is 2.22. The minimum atomic E-state index is -3.97. The molecule has 3 atom stereocenters. The van der Waals surface area contributed by atoms with Crippen LogP contribution in [0.25, 0.3) is 0 Å². The SMILES string of the molecule is COc1ccc(C)cc1N(CC(=O)N[C@@H]1C[C@H]2CC[C@@H]1C2)S(=O)(=O)c1ccc(C)cc1. The number of ether oxygens (including phenoxy) is 1. The molecule has 6 nitrogen and oxygen atoms in total. The van der Waals surface area contributed by atoms with E-state index in [4.69, 9.17) is 4.74 Å². The van der Waals surface area contributed by atoms with E-state index in [9.17, 15) is 13.2 Å². The van der Waals surface area contributed by atoms with Gasteiger partial charge in [-0.3, -0.25) is 9.10 Å². The van der Waals surface area contributed by atoms with Crippen LogP contribution in [0.1, 0.15) is 36.8 Å². The van der Waals surface area contributed by atoms with Gasteiger partial charge in [0.05, 0.1) is 17.7 Å². The maximum atomic E-state index is 13.6. The van der Waals surface area contributed by atoms with Crippen LogP contribution >= 0.6 is 0 Å². The zero-order chi connectivity index (χ0) is 22.2. The van der Waals surface area contributed by atoms with Crippen molar-refractivity contribution in [1.82, 2.24) is 5.32 Å². The number of aryl methyl sites for hydroxylation is 2. The fourth-order valence-corrected chi connectivity index (χ4v) is 6.36. The van der Waals surface area contributed by atoms with Gasteiger partial charge in [-0.25, -0.2) is 8.42 Å². The van der Waals surface area contributed by atoms with Gasteiger partial charge in [-0.1, -0.05) is 30.2 Å². The second kappa shape index (κ2) is 8.54. The minimum Gasteiger partial charge on any atom is -0.495 e. The standard InChI is InChI=1S/C24H30N2O4S/c1-16-4-9-20(10-5-16)31(28,29)26(22-12-17(2)6-11-23(22)30-3)15-24(27)25-21-14-18-7-8-19(21)13-18/h4-6,9-12,18-19,21H,7-8,13-15H2,1-3H3,(H,25,27)/t18-,19+,21+/m0/s1. The highest BCUT2D eigenvalue weighted by atomic mass is 32.2. The van der Waals surface area contributed by atoms with Crippen molar-refractivity contribution in [1.29, 1.82) is 0 Å². The van der Waals surface area contributed by atoms with E-state index < -0.39 is 10.0 Å². The number of methoxy groups -OCH3 is 1. The van der Waals surface area contributed by atoms with Crippen molar-refractivity contribution in [2.45, 2.75) is 50.5 Å². The molecule has 0 unspecified atom stereocenters. The molecule has 1 N–H and O–H groups in total. The normalized spacial score (nSPS) is 22.4. The average Bonchev–Trinajstić information content (AvgIpc) is 3.35. The summed E-state index contributed by atoms with van der Waals surface area (Å²) < 4.78 is 33.8. The number of anilines is 1. The smallest absolute Gasteiger partial charge is 0.264 e. The van der Waals surface area contributed by atoms with Gasteiger partial charge in [-0.15, -0.1) is 0 Å². The van der Waals surface area contributed by atoms with Gasteiger partial charge in [0.2, 0.25) is 5.91 Å². The van der Waals surface area contributed by atoms with E-state index in [0.29, 0.717) is 23.3 Å². The van der Waals surface area contributed by atoms with Crippen LogP contribution in [0.4, 0.5) is 5.69 Å². The number of carbonyl (C=O) groups is 1. The number of nitrogens with zero attached hydrogens (tertiary/aromatic N) is 1. The van der Waals surface area contributed by atoms with Crippen LogP contribution in [-0.4, -0.2) is 34.0 Å². The first-order valence-corrected chi connectivity index (χ1v) is 12.3. The van der Waals surface area contributed by atoms with Gasteiger partial charge in [0.1, 0.15) is 12.3 Å². The fourth-order valence-electron chi connectivity index (χ4n) is 4.94. The summed E-state index contributed by atoms with van der Waals surface area (Å²) in [7, 11) is -2.47. The molecule has 1 amide bonds. The third-order valence-electron chi connectivity index (χ3n) is 6.58. The highest BCUT2D eigenvalue weighted by Crippen LogP contribution is 2.44. The van der Waals surface area contributed by atoms with Gasteiger partial charge in [0.25, 0.3) is 10.0 Å². The quantitative estimate of drug-likeness (QED) is 0.707. The molecular formula is C24H30N2O4S. The molecule has 0 aliphatic heterocycles. The van der Waals surface area contributed by atoms with Crippen molar-refractivity contribution in [2.24, 2.45) is 11.8 Å². The number of nitrogens with one attached hydrogen (secondary N) is 1. The maximum absolute atomic E-state index is 13.6. The Bertz CT molecular complexity index is 1070. The lowest BCUT2D eigenvalue weighted by atomic mass is 9.95. The van der Waals surface area contributed by atoms with E-state index in [-0.39, 0.29) is 23.4 Å². The average molecular weight is 443 g/mol. The summed E-state index contributed by atoms with van der Waals surface area (Å²) in [6, 6.07) is 12.2. The molecule has 2 aromatic rings.